The minimum Gasteiger partial charge on any atom is -0.451 e. The Hall–Kier alpha value is -2.98. The highest BCUT2D eigenvalue weighted by Gasteiger charge is 2.22. The molecule has 0 spiro atoms. The molecule has 0 unspecified atom stereocenters. The molecular weight excluding hydrogens is 410 g/mol. The number of aryl methyl sites for hydroxylation is 2. The molecule has 1 aromatic carbocycles. The van der Waals surface area contributed by atoms with Crippen LogP contribution in [0.4, 0.5) is 5.69 Å². The van der Waals surface area contributed by atoms with Crippen LogP contribution in [-0.4, -0.2) is 56.1 Å². The van der Waals surface area contributed by atoms with E-state index in [9.17, 15) is 22.8 Å². The number of Topliss-reactive ketones (excluding diaryl/α,β-unsaturated/α-hetero) is 1. The third kappa shape index (κ3) is 4.77. The summed E-state index contributed by atoms with van der Waals surface area (Å²) in [5, 5.41) is 2.55. The molecule has 0 aliphatic heterocycles. The SMILES string of the molecule is CC(=O)c1c(C)[nH]c(C(=O)OCC(=O)Nc2cc(S(=O)(=O)N(C)C)ccc2C)c1C. The summed E-state index contributed by atoms with van der Waals surface area (Å²) in [6.07, 6.45) is 0. The molecule has 2 rings (SSSR count). The zero-order chi connectivity index (χ0) is 22.8. The van der Waals surface area contributed by atoms with Crippen LogP contribution in [0.1, 0.15) is 44.6 Å². The zero-order valence-corrected chi connectivity index (χ0v) is 18.6. The quantitative estimate of drug-likeness (QED) is 0.507. The fourth-order valence-corrected chi connectivity index (χ4v) is 3.91. The third-order valence-electron chi connectivity index (χ3n) is 4.59. The van der Waals surface area contributed by atoms with Gasteiger partial charge in [-0.3, -0.25) is 9.59 Å². The van der Waals surface area contributed by atoms with Crippen molar-refractivity contribution in [2.75, 3.05) is 26.0 Å². The number of H-pyrrole nitrogens is 1. The molecule has 30 heavy (non-hydrogen) atoms. The van der Waals surface area contributed by atoms with Gasteiger partial charge in [0.05, 0.1) is 4.90 Å². The predicted molar refractivity (Wildman–Crippen MR) is 111 cm³/mol. The van der Waals surface area contributed by atoms with E-state index in [2.05, 4.69) is 10.3 Å². The van der Waals surface area contributed by atoms with E-state index < -0.39 is 28.5 Å². The number of aromatic nitrogens is 1. The summed E-state index contributed by atoms with van der Waals surface area (Å²) in [5.41, 5.74) is 2.48. The summed E-state index contributed by atoms with van der Waals surface area (Å²) in [5.74, 6) is -1.57. The second-order valence-electron chi connectivity index (χ2n) is 7.07. The van der Waals surface area contributed by atoms with Gasteiger partial charge in [0.15, 0.2) is 12.4 Å². The molecule has 0 aliphatic carbocycles. The van der Waals surface area contributed by atoms with Gasteiger partial charge in [-0.2, -0.15) is 0 Å². The summed E-state index contributed by atoms with van der Waals surface area (Å²) in [6, 6.07) is 4.37. The second-order valence-corrected chi connectivity index (χ2v) is 9.22. The van der Waals surface area contributed by atoms with Gasteiger partial charge in [0.1, 0.15) is 5.69 Å². The van der Waals surface area contributed by atoms with Crippen molar-refractivity contribution in [2.45, 2.75) is 32.6 Å². The summed E-state index contributed by atoms with van der Waals surface area (Å²) < 4.78 is 30.7. The highest BCUT2D eigenvalue weighted by molar-refractivity contribution is 7.89. The molecule has 0 saturated heterocycles. The number of nitrogens with one attached hydrogen (secondary N) is 2. The number of hydrogen-bond acceptors (Lipinski definition) is 6. The topological polar surface area (TPSA) is 126 Å². The summed E-state index contributed by atoms with van der Waals surface area (Å²) in [4.78, 5) is 39.1. The fraction of sp³-hybridized carbons (Fsp3) is 0.350. The number of nitrogens with zero attached hydrogens (tertiary/aromatic N) is 1. The van der Waals surface area contributed by atoms with E-state index in [4.69, 9.17) is 4.74 Å². The molecule has 0 bridgehead atoms. The Morgan fingerprint density at radius 3 is 2.30 bits per heavy atom. The van der Waals surface area contributed by atoms with Crippen molar-refractivity contribution in [1.82, 2.24) is 9.29 Å². The number of carbonyl (C=O) groups is 3. The number of carbonyl (C=O) groups excluding carboxylic acids is 3. The first-order chi connectivity index (χ1) is 13.9. The lowest BCUT2D eigenvalue weighted by molar-refractivity contribution is -0.119. The van der Waals surface area contributed by atoms with Crippen LogP contribution in [0.15, 0.2) is 23.1 Å². The molecule has 1 aromatic heterocycles. The van der Waals surface area contributed by atoms with Crippen molar-refractivity contribution in [3.63, 3.8) is 0 Å². The Labute approximate surface area is 175 Å². The van der Waals surface area contributed by atoms with E-state index in [1.54, 1.807) is 26.8 Å². The molecule has 2 aromatic rings. The van der Waals surface area contributed by atoms with Gasteiger partial charge < -0.3 is 15.0 Å². The summed E-state index contributed by atoms with van der Waals surface area (Å²) in [7, 11) is -0.839. The molecule has 1 heterocycles. The first kappa shape index (κ1) is 23.3. The molecule has 0 aliphatic rings. The van der Waals surface area contributed by atoms with Crippen LogP contribution in [-0.2, 0) is 19.6 Å². The van der Waals surface area contributed by atoms with Gasteiger partial charge in [-0.05, 0) is 51.0 Å². The second kappa shape index (κ2) is 8.80. The van der Waals surface area contributed by atoms with Gasteiger partial charge in [-0.1, -0.05) is 6.07 Å². The number of anilines is 1. The number of esters is 1. The molecule has 0 fully saturated rings. The van der Waals surface area contributed by atoms with E-state index in [1.165, 1.54) is 33.2 Å². The molecule has 0 radical (unpaired) electrons. The van der Waals surface area contributed by atoms with Gasteiger partial charge in [-0.25, -0.2) is 17.5 Å². The predicted octanol–water partition coefficient (Wildman–Crippen LogP) is 2.19. The van der Waals surface area contributed by atoms with Gasteiger partial charge >= 0.3 is 5.97 Å². The Morgan fingerprint density at radius 2 is 1.77 bits per heavy atom. The number of amides is 1. The number of rotatable bonds is 7. The van der Waals surface area contributed by atoms with Crippen LogP contribution < -0.4 is 5.32 Å². The van der Waals surface area contributed by atoms with Gasteiger partial charge in [0, 0.05) is 31.0 Å². The van der Waals surface area contributed by atoms with Crippen LogP contribution in [0.3, 0.4) is 0 Å². The van der Waals surface area contributed by atoms with E-state index in [1.807, 2.05) is 0 Å². The van der Waals surface area contributed by atoms with Crippen molar-refractivity contribution >= 4 is 33.4 Å². The van der Waals surface area contributed by atoms with Crippen LogP contribution in [0, 0.1) is 20.8 Å². The number of aromatic amines is 1. The maximum absolute atomic E-state index is 12.3. The molecule has 9 nitrogen and oxygen atoms in total. The Morgan fingerprint density at radius 1 is 1.13 bits per heavy atom. The molecule has 1 amide bonds. The van der Waals surface area contributed by atoms with Crippen LogP contribution in [0.2, 0.25) is 0 Å². The molecule has 0 saturated carbocycles. The zero-order valence-electron chi connectivity index (χ0n) is 17.7. The summed E-state index contributed by atoms with van der Waals surface area (Å²) in [6.45, 7) is 5.83. The Kier molecular flexibility index (Phi) is 6.84. The average molecular weight is 436 g/mol. The number of sulfonamides is 1. The maximum atomic E-state index is 12.3. The third-order valence-corrected chi connectivity index (χ3v) is 6.40. The van der Waals surface area contributed by atoms with Gasteiger partial charge in [0.25, 0.3) is 5.91 Å². The lowest BCUT2D eigenvalue weighted by atomic mass is 10.1. The number of benzene rings is 1. The van der Waals surface area contributed by atoms with Gasteiger partial charge in [0.2, 0.25) is 10.0 Å². The van der Waals surface area contributed by atoms with Crippen molar-refractivity contribution in [3.05, 3.63) is 46.3 Å². The van der Waals surface area contributed by atoms with Crippen molar-refractivity contribution in [2.24, 2.45) is 0 Å². The Balaban J connectivity index is 2.11. The lowest BCUT2D eigenvalue weighted by Crippen LogP contribution is -2.24. The van der Waals surface area contributed by atoms with Crippen LogP contribution in [0.5, 0.6) is 0 Å². The molecule has 0 atom stereocenters. The standard InChI is InChI=1S/C20H25N3O6S/c1-11-7-8-15(30(27,28)23(5)6)9-16(11)22-17(25)10-29-20(26)19-12(2)18(14(4)24)13(3)21-19/h7-9,21H,10H2,1-6H3,(H,22,25). The molecule has 10 heteroatoms. The average Bonchev–Trinajstić information content (AvgIpc) is 2.95. The van der Waals surface area contributed by atoms with Gasteiger partial charge in [-0.15, -0.1) is 0 Å². The van der Waals surface area contributed by atoms with E-state index in [0.717, 1.165) is 4.31 Å². The first-order valence-corrected chi connectivity index (χ1v) is 10.5. The summed E-state index contributed by atoms with van der Waals surface area (Å²) >= 11 is 0. The van der Waals surface area contributed by atoms with E-state index in [-0.39, 0.29) is 16.4 Å². The van der Waals surface area contributed by atoms with Crippen LogP contribution in [0.25, 0.3) is 0 Å². The van der Waals surface area contributed by atoms with Crippen molar-refractivity contribution in [1.29, 1.82) is 0 Å². The van der Waals surface area contributed by atoms with Crippen molar-refractivity contribution in [3.8, 4) is 0 Å². The highest BCUT2D eigenvalue weighted by atomic mass is 32.2. The molecule has 162 valence electrons. The first-order valence-electron chi connectivity index (χ1n) is 9.06. The highest BCUT2D eigenvalue weighted by Crippen LogP contribution is 2.22. The fourth-order valence-electron chi connectivity index (χ4n) is 2.98. The van der Waals surface area contributed by atoms with E-state index >= 15 is 0 Å². The lowest BCUT2D eigenvalue weighted by Gasteiger charge is -2.14. The molecular formula is C20H25N3O6S. The normalized spacial score (nSPS) is 11.4. The minimum absolute atomic E-state index is 0.0274. The number of ketones is 1. The minimum atomic E-state index is -3.66. The van der Waals surface area contributed by atoms with Crippen LogP contribution >= 0.6 is 0 Å². The monoisotopic (exact) mass is 435 g/mol. The largest absolute Gasteiger partial charge is 0.451 e. The maximum Gasteiger partial charge on any atom is 0.355 e. The Bertz CT molecular complexity index is 1120. The van der Waals surface area contributed by atoms with Crippen molar-refractivity contribution < 1.29 is 27.5 Å². The molecule has 2 N–H and O–H groups in total. The number of ether oxygens (including phenoxy) is 1. The smallest absolute Gasteiger partial charge is 0.355 e. The van der Waals surface area contributed by atoms with E-state index in [0.29, 0.717) is 28.1 Å². The number of hydrogen-bond donors (Lipinski definition) is 2.